The molecule has 3 atom stereocenters. The summed E-state index contributed by atoms with van der Waals surface area (Å²) in [5.41, 5.74) is 1.11. The second-order valence-corrected chi connectivity index (χ2v) is 9.17. The molecule has 1 saturated heterocycles. The van der Waals surface area contributed by atoms with Crippen LogP contribution in [0.3, 0.4) is 0 Å². The predicted octanol–water partition coefficient (Wildman–Crippen LogP) is 3.55. The third kappa shape index (κ3) is 4.17. The molecule has 0 bridgehead atoms. The predicted molar refractivity (Wildman–Crippen MR) is 123 cm³/mol. The van der Waals surface area contributed by atoms with Crippen molar-refractivity contribution in [3.05, 3.63) is 65.7 Å². The molecule has 170 valence electrons. The Morgan fingerprint density at radius 1 is 1.09 bits per heavy atom. The Kier molecular flexibility index (Phi) is 6.35. The molecule has 4 rings (SSSR count). The van der Waals surface area contributed by atoms with Gasteiger partial charge >= 0.3 is 5.97 Å². The third-order valence-electron chi connectivity index (χ3n) is 7.22. The molecule has 3 unspecified atom stereocenters. The average Bonchev–Trinajstić information content (AvgIpc) is 2.79. The Morgan fingerprint density at radius 3 is 2.59 bits per heavy atom. The lowest BCUT2D eigenvalue weighted by atomic mass is 9.55. The highest BCUT2D eigenvalue weighted by Gasteiger charge is 2.58. The van der Waals surface area contributed by atoms with Crippen LogP contribution in [0.25, 0.3) is 0 Å². The first-order valence-electron chi connectivity index (χ1n) is 11.3. The lowest BCUT2D eigenvalue weighted by Gasteiger charge is -2.59. The SMILES string of the molecule is COC12CCC(NC(=O)c3ccccc3)CC1(c1cccc(OC(C)=O)c1)CCN(C)C2. The van der Waals surface area contributed by atoms with Gasteiger partial charge in [-0.25, -0.2) is 0 Å². The molecule has 2 aromatic rings. The van der Waals surface area contributed by atoms with Crippen LogP contribution >= 0.6 is 0 Å². The van der Waals surface area contributed by atoms with E-state index in [4.69, 9.17) is 9.47 Å². The van der Waals surface area contributed by atoms with E-state index >= 15 is 0 Å². The van der Waals surface area contributed by atoms with E-state index in [1.54, 1.807) is 7.11 Å². The minimum atomic E-state index is -0.372. The number of hydrogen-bond acceptors (Lipinski definition) is 5. The van der Waals surface area contributed by atoms with E-state index in [9.17, 15) is 9.59 Å². The summed E-state index contributed by atoms with van der Waals surface area (Å²) in [4.78, 5) is 26.8. The van der Waals surface area contributed by atoms with E-state index in [-0.39, 0.29) is 28.9 Å². The van der Waals surface area contributed by atoms with Crippen molar-refractivity contribution in [2.24, 2.45) is 0 Å². The Morgan fingerprint density at radius 2 is 1.88 bits per heavy atom. The Hall–Kier alpha value is -2.70. The molecule has 1 N–H and O–H groups in total. The molecule has 2 aromatic carbocycles. The van der Waals surface area contributed by atoms with Gasteiger partial charge in [-0.3, -0.25) is 9.59 Å². The van der Waals surface area contributed by atoms with Crippen LogP contribution in [0.1, 0.15) is 48.5 Å². The molecule has 1 heterocycles. The standard InChI is InChI=1S/C26H32N2O4/c1-19(29)32-23-11-7-10-21(16-23)25-14-15-28(2)18-26(25,31-3)13-12-22(17-25)27-24(30)20-8-5-4-6-9-20/h4-11,16,22H,12-15,17-18H2,1-3H3,(H,27,30). The molecule has 0 spiro atoms. The summed E-state index contributed by atoms with van der Waals surface area (Å²) in [6, 6.07) is 17.2. The van der Waals surface area contributed by atoms with Crippen molar-refractivity contribution >= 4 is 11.9 Å². The van der Waals surface area contributed by atoms with Crippen LogP contribution in [0.4, 0.5) is 0 Å². The van der Waals surface area contributed by atoms with Crippen LogP contribution in [-0.2, 0) is 14.9 Å². The van der Waals surface area contributed by atoms with E-state index in [2.05, 4.69) is 23.3 Å². The van der Waals surface area contributed by atoms with Crippen molar-refractivity contribution < 1.29 is 19.1 Å². The number of fused-ring (bicyclic) bond motifs is 1. The first-order chi connectivity index (χ1) is 15.4. The number of carbonyl (C=O) groups excluding carboxylic acids is 2. The first kappa shape index (κ1) is 22.5. The van der Waals surface area contributed by atoms with E-state index in [0.29, 0.717) is 11.3 Å². The van der Waals surface area contributed by atoms with Gasteiger partial charge in [-0.05, 0) is 69.1 Å². The fraction of sp³-hybridized carbons (Fsp3) is 0.462. The maximum Gasteiger partial charge on any atom is 0.308 e. The van der Waals surface area contributed by atoms with Crippen molar-refractivity contribution in [3.63, 3.8) is 0 Å². The molecule has 0 aromatic heterocycles. The number of likely N-dealkylation sites (tertiary alicyclic amines) is 1. The van der Waals surface area contributed by atoms with E-state index < -0.39 is 0 Å². The number of rotatable bonds is 5. The lowest BCUT2D eigenvalue weighted by Crippen LogP contribution is -2.67. The van der Waals surface area contributed by atoms with Gasteiger partial charge in [0, 0.05) is 37.6 Å². The minimum Gasteiger partial charge on any atom is -0.427 e. The maximum absolute atomic E-state index is 12.9. The highest BCUT2D eigenvalue weighted by Crippen LogP contribution is 2.53. The number of amides is 1. The van der Waals surface area contributed by atoms with Crippen molar-refractivity contribution in [1.29, 1.82) is 0 Å². The van der Waals surface area contributed by atoms with Gasteiger partial charge in [-0.2, -0.15) is 0 Å². The smallest absolute Gasteiger partial charge is 0.308 e. The summed E-state index contributed by atoms with van der Waals surface area (Å²) < 4.78 is 11.7. The Bertz CT molecular complexity index is 979. The number of methoxy groups -OCH3 is 1. The molecule has 32 heavy (non-hydrogen) atoms. The number of likely N-dealkylation sites (N-methyl/N-ethyl adjacent to an activating group) is 1. The maximum atomic E-state index is 12.9. The number of nitrogens with zero attached hydrogens (tertiary/aromatic N) is 1. The van der Waals surface area contributed by atoms with Crippen LogP contribution in [0.5, 0.6) is 5.75 Å². The van der Waals surface area contributed by atoms with Crippen LogP contribution in [0.2, 0.25) is 0 Å². The van der Waals surface area contributed by atoms with Gasteiger partial charge in [0.15, 0.2) is 0 Å². The first-order valence-corrected chi connectivity index (χ1v) is 11.3. The number of piperidine rings is 1. The number of esters is 1. The zero-order valence-electron chi connectivity index (χ0n) is 19.1. The molecule has 6 heteroatoms. The summed E-state index contributed by atoms with van der Waals surface area (Å²) in [7, 11) is 3.93. The molecule has 1 amide bonds. The highest BCUT2D eigenvalue weighted by molar-refractivity contribution is 5.94. The van der Waals surface area contributed by atoms with Crippen LogP contribution in [0.15, 0.2) is 54.6 Å². The zero-order valence-corrected chi connectivity index (χ0v) is 19.1. The van der Waals surface area contributed by atoms with E-state index in [0.717, 1.165) is 44.3 Å². The summed E-state index contributed by atoms with van der Waals surface area (Å²) in [5.74, 6) is 0.165. The molecule has 6 nitrogen and oxygen atoms in total. The van der Waals surface area contributed by atoms with Crippen molar-refractivity contribution in [2.75, 3.05) is 27.2 Å². The monoisotopic (exact) mass is 436 g/mol. The molecular formula is C26H32N2O4. The van der Waals surface area contributed by atoms with Crippen molar-refractivity contribution in [1.82, 2.24) is 10.2 Å². The van der Waals surface area contributed by atoms with E-state index in [1.807, 2.05) is 48.5 Å². The van der Waals surface area contributed by atoms with Gasteiger partial charge in [0.25, 0.3) is 5.91 Å². The van der Waals surface area contributed by atoms with Gasteiger partial charge < -0.3 is 19.7 Å². The van der Waals surface area contributed by atoms with Crippen LogP contribution in [0, 0.1) is 0 Å². The topological polar surface area (TPSA) is 67.9 Å². The normalized spacial score (nSPS) is 27.9. The van der Waals surface area contributed by atoms with Crippen LogP contribution < -0.4 is 10.1 Å². The second kappa shape index (κ2) is 9.04. The molecule has 2 aliphatic rings. The number of carbonyl (C=O) groups is 2. The van der Waals surface area contributed by atoms with Gasteiger partial charge in [-0.1, -0.05) is 30.3 Å². The average molecular weight is 437 g/mol. The minimum absolute atomic E-state index is 0.0340. The van der Waals surface area contributed by atoms with Gasteiger partial charge in [0.2, 0.25) is 0 Å². The van der Waals surface area contributed by atoms with E-state index in [1.165, 1.54) is 6.92 Å². The third-order valence-corrected chi connectivity index (χ3v) is 7.22. The summed E-state index contributed by atoms with van der Waals surface area (Å²) >= 11 is 0. The Balaban J connectivity index is 1.68. The van der Waals surface area contributed by atoms with Crippen molar-refractivity contribution in [3.8, 4) is 5.75 Å². The zero-order chi connectivity index (χ0) is 22.8. The largest absolute Gasteiger partial charge is 0.427 e. The summed E-state index contributed by atoms with van der Waals surface area (Å²) in [6.45, 7) is 3.17. The molecule has 0 radical (unpaired) electrons. The molecule has 1 aliphatic heterocycles. The van der Waals surface area contributed by atoms with Crippen LogP contribution in [-0.4, -0.2) is 55.7 Å². The fourth-order valence-corrected chi connectivity index (χ4v) is 5.70. The van der Waals surface area contributed by atoms with Crippen molar-refractivity contribution in [2.45, 2.75) is 49.7 Å². The number of ether oxygens (including phenoxy) is 2. The summed E-state index contributed by atoms with van der Waals surface area (Å²) in [5, 5.41) is 3.27. The summed E-state index contributed by atoms with van der Waals surface area (Å²) in [6.07, 6.45) is 3.37. The van der Waals surface area contributed by atoms with Gasteiger partial charge in [0.1, 0.15) is 5.75 Å². The highest BCUT2D eigenvalue weighted by atomic mass is 16.5. The number of benzene rings is 2. The number of hydrogen-bond donors (Lipinski definition) is 1. The van der Waals surface area contributed by atoms with Gasteiger partial charge in [-0.15, -0.1) is 0 Å². The molecular weight excluding hydrogens is 404 g/mol. The number of nitrogens with one attached hydrogen (secondary N) is 1. The lowest BCUT2D eigenvalue weighted by molar-refractivity contribution is -0.144. The molecule has 1 saturated carbocycles. The fourth-order valence-electron chi connectivity index (χ4n) is 5.70. The quantitative estimate of drug-likeness (QED) is 0.574. The Labute approximate surface area is 189 Å². The van der Waals surface area contributed by atoms with Gasteiger partial charge in [0.05, 0.1) is 5.60 Å². The molecule has 1 aliphatic carbocycles. The molecule has 2 fully saturated rings. The second-order valence-electron chi connectivity index (χ2n) is 9.17.